The Hall–Kier alpha value is -2.34. The quantitative estimate of drug-likeness (QED) is 0.905. The summed E-state index contributed by atoms with van der Waals surface area (Å²) in [6.45, 7) is 2.19. The Balaban J connectivity index is 1.72. The Labute approximate surface area is 150 Å². The molecule has 0 bridgehead atoms. The van der Waals surface area contributed by atoms with E-state index in [1.54, 1.807) is 29.3 Å². The first-order chi connectivity index (χ1) is 12.0. The van der Waals surface area contributed by atoms with Crippen molar-refractivity contribution < 1.29 is 14.3 Å². The number of fused-ring (bicyclic) bond motifs is 1. The van der Waals surface area contributed by atoms with Crippen molar-refractivity contribution in [2.45, 2.75) is 25.8 Å². The van der Waals surface area contributed by atoms with E-state index in [0.29, 0.717) is 29.3 Å². The molecule has 2 atom stereocenters. The summed E-state index contributed by atoms with van der Waals surface area (Å²) in [5.41, 5.74) is 6.00. The van der Waals surface area contributed by atoms with E-state index in [1.807, 2.05) is 13.0 Å². The molecule has 132 valence electrons. The largest absolute Gasteiger partial charge is 0.481 e. The number of rotatable bonds is 4. The van der Waals surface area contributed by atoms with Gasteiger partial charge >= 0.3 is 0 Å². The number of halogens is 1. The van der Waals surface area contributed by atoms with Gasteiger partial charge in [-0.2, -0.15) is 0 Å². The van der Waals surface area contributed by atoms with E-state index in [4.69, 9.17) is 22.1 Å². The van der Waals surface area contributed by atoms with Crippen molar-refractivity contribution in [3.05, 3.63) is 35.5 Å². The number of hydrogen-bond acceptors (Lipinski definition) is 4. The van der Waals surface area contributed by atoms with E-state index in [0.717, 1.165) is 11.8 Å². The van der Waals surface area contributed by atoms with Crippen molar-refractivity contribution in [1.29, 1.82) is 0 Å². The number of benzene rings is 1. The molecule has 1 fully saturated rings. The standard InChI is InChI=1S/C18H20ClN3O3/c1-11-4-5-12(18(20)24)9-22(11)16(23)10-25-15-7-6-14(19)13-3-2-8-21-17(13)15/h2-3,6-8,11-12H,4-5,9-10H2,1H3,(H2,20,24). The number of nitrogens with zero attached hydrogens (tertiary/aromatic N) is 2. The lowest BCUT2D eigenvalue weighted by atomic mass is 9.93. The van der Waals surface area contributed by atoms with Gasteiger partial charge < -0.3 is 15.4 Å². The molecule has 1 aliphatic heterocycles. The van der Waals surface area contributed by atoms with Crippen LogP contribution in [-0.4, -0.2) is 40.9 Å². The molecular weight excluding hydrogens is 342 g/mol. The third-order valence-electron chi connectivity index (χ3n) is 4.64. The van der Waals surface area contributed by atoms with Gasteiger partial charge in [-0.05, 0) is 44.0 Å². The molecule has 0 aliphatic carbocycles. The zero-order valence-electron chi connectivity index (χ0n) is 13.9. The lowest BCUT2D eigenvalue weighted by molar-refractivity contribution is -0.139. The van der Waals surface area contributed by atoms with Crippen molar-refractivity contribution in [2.24, 2.45) is 11.7 Å². The Morgan fingerprint density at radius 3 is 2.92 bits per heavy atom. The minimum atomic E-state index is -0.362. The molecule has 25 heavy (non-hydrogen) atoms. The van der Waals surface area contributed by atoms with Gasteiger partial charge in [-0.1, -0.05) is 11.6 Å². The van der Waals surface area contributed by atoms with Crippen LogP contribution >= 0.6 is 11.6 Å². The Morgan fingerprint density at radius 1 is 1.36 bits per heavy atom. The maximum atomic E-state index is 12.6. The predicted octanol–water partition coefficient (Wildman–Crippen LogP) is 2.38. The number of carbonyl (C=O) groups is 2. The molecule has 1 aliphatic rings. The highest BCUT2D eigenvalue weighted by Gasteiger charge is 2.31. The van der Waals surface area contributed by atoms with E-state index >= 15 is 0 Å². The number of piperidine rings is 1. The number of aromatic nitrogens is 1. The van der Waals surface area contributed by atoms with Crippen molar-refractivity contribution in [1.82, 2.24) is 9.88 Å². The van der Waals surface area contributed by atoms with Crippen molar-refractivity contribution in [3.8, 4) is 5.75 Å². The van der Waals surface area contributed by atoms with Crippen molar-refractivity contribution >= 4 is 34.3 Å². The highest BCUT2D eigenvalue weighted by atomic mass is 35.5. The smallest absolute Gasteiger partial charge is 0.260 e. The van der Waals surface area contributed by atoms with E-state index in [2.05, 4.69) is 4.98 Å². The summed E-state index contributed by atoms with van der Waals surface area (Å²) >= 11 is 6.16. The number of ether oxygens (including phenoxy) is 1. The van der Waals surface area contributed by atoms with Gasteiger partial charge in [-0.3, -0.25) is 14.6 Å². The topological polar surface area (TPSA) is 85.5 Å². The average molecular weight is 362 g/mol. The molecule has 7 heteroatoms. The second-order valence-electron chi connectivity index (χ2n) is 6.31. The fraction of sp³-hybridized carbons (Fsp3) is 0.389. The molecule has 1 aromatic carbocycles. The van der Waals surface area contributed by atoms with Crippen LogP contribution in [0.25, 0.3) is 10.9 Å². The number of carbonyl (C=O) groups excluding carboxylic acids is 2. The maximum absolute atomic E-state index is 12.6. The van der Waals surface area contributed by atoms with E-state index < -0.39 is 0 Å². The van der Waals surface area contributed by atoms with E-state index in [9.17, 15) is 9.59 Å². The average Bonchev–Trinajstić information content (AvgIpc) is 2.61. The predicted molar refractivity (Wildman–Crippen MR) is 95.3 cm³/mol. The summed E-state index contributed by atoms with van der Waals surface area (Å²) in [6.07, 6.45) is 3.12. The Morgan fingerprint density at radius 2 is 2.16 bits per heavy atom. The number of hydrogen-bond donors (Lipinski definition) is 1. The number of pyridine rings is 1. The van der Waals surface area contributed by atoms with Crippen LogP contribution in [0, 0.1) is 5.92 Å². The maximum Gasteiger partial charge on any atom is 0.260 e. The first-order valence-corrected chi connectivity index (χ1v) is 8.60. The van der Waals surface area contributed by atoms with Gasteiger partial charge in [0.25, 0.3) is 5.91 Å². The van der Waals surface area contributed by atoms with Crippen LogP contribution in [0.1, 0.15) is 19.8 Å². The van der Waals surface area contributed by atoms with Crippen LogP contribution in [0.3, 0.4) is 0 Å². The molecule has 2 N–H and O–H groups in total. The third kappa shape index (κ3) is 3.69. The van der Waals surface area contributed by atoms with Gasteiger partial charge in [-0.15, -0.1) is 0 Å². The zero-order chi connectivity index (χ0) is 18.0. The molecule has 2 heterocycles. The molecule has 0 radical (unpaired) electrons. The van der Waals surface area contributed by atoms with Crippen molar-refractivity contribution in [3.63, 3.8) is 0 Å². The van der Waals surface area contributed by atoms with Gasteiger partial charge in [0.2, 0.25) is 5.91 Å². The summed E-state index contributed by atoms with van der Waals surface area (Å²) in [7, 11) is 0. The summed E-state index contributed by atoms with van der Waals surface area (Å²) in [6, 6.07) is 7.13. The van der Waals surface area contributed by atoms with Crippen LogP contribution in [0.2, 0.25) is 5.02 Å². The summed E-state index contributed by atoms with van der Waals surface area (Å²) < 4.78 is 5.70. The van der Waals surface area contributed by atoms with Crippen LogP contribution in [0.5, 0.6) is 5.75 Å². The number of nitrogens with two attached hydrogens (primary N) is 1. The second kappa shape index (κ2) is 7.27. The fourth-order valence-electron chi connectivity index (χ4n) is 3.14. The molecular formula is C18H20ClN3O3. The zero-order valence-corrected chi connectivity index (χ0v) is 14.7. The molecule has 2 unspecified atom stereocenters. The molecule has 2 aromatic rings. The number of likely N-dealkylation sites (tertiary alicyclic amines) is 1. The van der Waals surface area contributed by atoms with Crippen LogP contribution in [0.4, 0.5) is 0 Å². The van der Waals surface area contributed by atoms with Crippen LogP contribution in [0.15, 0.2) is 30.5 Å². The lowest BCUT2D eigenvalue weighted by Crippen LogP contribution is -2.50. The summed E-state index contributed by atoms with van der Waals surface area (Å²) in [5, 5.41) is 1.35. The highest BCUT2D eigenvalue weighted by molar-refractivity contribution is 6.35. The summed E-state index contributed by atoms with van der Waals surface area (Å²) in [5.74, 6) is -0.321. The molecule has 0 spiro atoms. The molecule has 3 rings (SSSR count). The van der Waals surface area contributed by atoms with Gasteiger partial charge in [0, 0.05) is 24.2 Å². The Kier molecular flexibility index (Phi) is 5.08. The molecule has 6 nitrogen and oxygen atoms in total. The van der Waals surface area contributed by atoms with E-state index in [1.165, 1.54) is 0 Å². The monoisotopic (exact) mass is 361 g/mol. The van der Waals surface area contributed by atoms with Gasteiger partial charge in [0.15, 0.2) is 6.61 Å². The Bertz CT molecular complexity index is 811. The minimum absolute atomic E-state index is 0.0618. The van der Waals surface area contributed by atoms with Gasteiger partial charge in [0.1, 0.15) is 11.3 Å². The highest BCUT2D eigenvalue weighted by Crippen LogP contribution is 2.30. The minimum Gasteiger partial charge on any atom is -0.481 e. The lowest BCUT2D eigenvalue weighted by Gasteiger charge is -2.36. The molecule has 0 saturated carbocycles. The number of primary amides is 1. The third-order valence-corrected chi connectivity index (χ3v) is 4.96. The molecule has 1 aromatic heterocycles. The van der Waals surface area contributed by atoms with Crippen LogP contribution in [-0.2, 0) is 9.59 Å². The fourth-order valence-corrected chi connectivity index (χ4v) is 3.35. The molecule has 2 amide bonds. The van der Waals surface area contributed by atoms with Crippen molar-refractivity contribution in [2.75, 3.05) is 13.2 Å². The normalized spacial score (nSPS) is 20.5. The van der Waals surface area contributed by atoms with E-state index in [-0.39, 0.29) is 30.4 Å². The second-order valence-corrected chi connectivity index (χ2v) is 6.71. The summed E-state index contributed by atoms with van der Waals surface area (Å²) in [4.78, 5) is 29.9. The SMILES string of the molecule is CC1CCC(C(N)=O)CN1C(=O)COc1ccc(Cl)c2cccnc12. The number of amides is 2. The molecule has 1 saturated heterocycles. The van der Waals surface area contributed by atoms with Gasteiger partial charge in [0.05, 0.1) is 10.9 Å². The van der Waals surface area contributed by atoms with Crippen LogP contribution < -0.4 is 10.5 Å². The first-order valence-electron chi connectivity index (χ1n) is 8.22. The first kappa shape index (κ1) is 17.5. The van der Waals surface area contributed by atoms with Gasteiger partial charge in [-0.25, -0.2) is 0 Å².